The molecule has 2 aromatic rings. The van der Waals surface area contributed by atoms with Crippen LogP contribution in [0, 0.1) is 10.1 Å². The molecule has 0 unspecified atom stereocenters. The van der Waals surface area contributed by atoms with E-state index in [2.05, 4.69) is 5.32 Å². The lowest BCUT2D eigenvalue weighted by molar-refractivity contribution is -0.384. The molecule has 0 radical (unpaired) electrons. The first kappa shape index (κ1) is 16.7. The van der Waals surface area contributed by atoms with E-state index in [9.17, 15) is 19.7 Å². The number of aromatic carboxylic acids is 1. The van der Waals surface area contributed by atoms with Gasteiger partial charge in [0.05, 0.1) is 26.1 Å². The molecule has 23 heavy (non-hydrogen) atoms. The molecule has 1 amide bonds. The van der Waals surface area contributed by atoms with Crippen LogP contribution in [0.2, 0.25) is 10.0 Å². The first-order valence-electron chi connectivity index (χ1n) is 6.07. The van der Waals surface area contributed by atoms with Crippen LogP contribution in [-0.2, 0) is 0 Å². The Morgan fingerprint density at radius 3 is 2.26 bits per heavy atom. The van der Waals surface area contributed by atoms with Gasteiger partial charge in [-0.1, -0.05) is 23.2 Å². The van der Waals surface area contributed by atoms with Crippen LogP contribution in [0.15, 0.2) is 36.4 Å². The van der Waals surface area contributed by atoms with Gasteiger partial charge in [-0.05, 0) is 24.3 Å². The lowest BCUT2D eigenvalue weighted by Gasteiger charge is -2.08. The third-order valence-corrected chi connectivity index (χ3v) is 3.52. The second-order valence-corrected chi connectivity index (χ2v) is 5.19. The van der Waals surface area contributed by atoms with Gasteiger partial charge in [0.15, 0.2) is 0 Å². The van der Waals surface area contributed by atoms with Gasteiger partial charge in [-0.15, -0.1) is 0 Å². The number of nitro benzene ring substituents is 1. The fraction of sp³-hybridized carbons (Fsp3) is 0. The van der Waals surface area contributed by atoms with Crippen LogP contribution in [0.25, 0.3) is 0 Å². The molecule has 0 aliphatic rings. The number of hydrogen-bond donors (Lipinski definition) is 2. The van der Waals surface area contributed by atoms with E-state index in [0.29, 0.717) is 0 Å². The highest BCUT2D eigenvalue weighted by Crippen LogP contribution is 2.25. The number of benzene rings is 2. The number of nitro groups is 1. The smallest absolute Gasteiger partial charge is 0.337 e. The predicted molar refractivity (Wildman–Crippen MR) is 84.5 cm³/mol. The van der Waals surface area contributed by atoms with E-state index in [1.807, 2.05) is 0 Å². The summed E-state index contributed by atoms with van der Waals surface area (Å²) >= 11 is 11.6. The number of anilines is 1. The molecule has 118 valence electrons. The Balaban J connectivity index is 2.33. The molecule has 0 fully saturated rings. The molecule has 2 aromatic carbocycles. The van der Waals surface area contributed by atoms with Gasteiger partial charge < -0.3 is 10.4 Å². The average molecular weight is 355 g/mol. The van der Waals surface area contributed by atoms with Crippen molar-refractivity contribution in [3.63, 3.8) is 0 Å². The van der Waals surface area contributed by atoms with Crippen molar-refractivity contribution in [2.45, 2.75) is 0 Å². The lowest BCUT2D eigenvalue weighted by atomic mass is 10.1. The molecule has 2 N–H and O–H groups in total. The number of nitrogens with zero attached hydrogens (tertiary/aromatic N) is 1. The molecule has 0 atom stereocenters. The van der Waals surface area contributed by atoms with E-state index >= 15 is 0 Å². The molecule has 0 saturated heterocycles. The molecule has 7 nitrogen and oxygen atoms in total. The van der Waals surface area contributed by atoms with Gasteiger partial charge in [0.2, 0.25) is 0 Å². The SMILES string of the molecule is O=C(O)c1cc(NC(=O)c2cc([N+](=O)[O-])ccc2Cl)ccc1Cl. The van der Waals surface area contributed by atoms with E-state index in [0.717, 1.165) is 6.07 Å². The van der Waals surface area contributed by atoms with Crippen LogP contribution < -0.4 is 5.32 Å². The molecule has 0 bridgehead atoms. The number of non-ortho nitro benzene ring substituents is 1. The van der Waals surface area contributed by atoms with Crippen molar-refractivity contribution < 1.29 is 19.6 Å². The second kappa shape index (κ2) is 6.64. The maximum Gasteiger partial charge on any atom is 0.337 e. The minimum atomic E-state index is -1.25. The number of carboxylic acid groups (broad SMARTS) is 1. The van der Waals surface area contributed by atoms with Crippen LogP contribution in [0.5, 0.6) is 0 Å². The fourth-order valence-electron chi connectivity index (χ4n) is 1.77. The molecule has 0 spiro atoms. The minimum absolute atomic E-state index is 0.0175. The average Bonchev–Trinajstić information content (AvgIpc) is 2.49. The van der Waals surface area contributed by atoms with Gasteiger partial charge in [0.1, 0.15) is 0 Å². The van der Waals surface area contributed by atoms with Crippen LogP contribution in [0.4, 0.5) is 11.4 Å². The highest BCUT2D eigenvalue weighted by Gasteiger charge is 2.17. The van der Waals surface area contributed by atoms with Crippen molar-refractivity contribution >= 4 is 46.5 Å². The zero-order chi connectivity index (χ0) is 17.1. The standard InChI is InChI=1S/C14H8Cl2N2O5/c15-11-4-2-8(18(22)23)6-9(11)13(19)17-7-1-3-12(16)10(5-7)14(20)21/h1-6H,(H,17,19)(H,20,21). The van der Waals surface area contributed by atoms with Gasteiger partial charge in [0.25, 0.3) is 11.6 Å². The summed E-state index contributed by atoms with van der Waals surface area (Å²) in [5.74, 6) is -1.96. The van der Waals surface area contributed by atoms with Crippen LogP contribution in [0.3, 0.4) is 0 Å². The Morgan fingerprint density at radius 1 is 1.04 bits per heavy atom. The zero-order valence-electron chi connectivity index (χ0n) is 11.2. The molecule has 0 aliphatic heterocycles. The highest BCUT2D eigenvalue weighted by molar-refractivity contribution is 6.35. The van der Waals surface area contributed by atoms with Crippen molar-refractivity contribution in [3.8, 4) is 0 Å². The Kier molecular flexibility index (Phi) is 4.83. The molecule has 0 heterocycles. The first-order valence-corrected chi connectivity index (χ1v) is 6.83. The number of carbonyl (C=O) groups excluding carboxylic acids is 1. The molecule has 0 aliphatic carbocycles. The Hall–Kier alpha value is -2.64. The number of halogens is 2. The number of nitrogens with one attached hydrogen (secondary N) is 1. The third-order valence-electron chi connectivity index (χ3n) is 2.86. The first-order chi connectivity index (χ1) is 10.8. The topological polar surface area (TPSA) is 110 Å². The van der Waals surface area contributed by atoms with Crippen molar-refractivity contribution in [2.75, 3.05) is 5.32 Å². The quantitative estimate of drug-likeness (QED) is 0.639. The highest BCUT2D eigenvalue weighted by atomic mass is 35.5. The largest absolute Gasteiger partial charge is 0.478 e. The second-order valence-electron chi connectivity index (χ2n) is 4.38. The number of amides is 1. The molecule has 2 rings (SSSR count). The number of carboxylic acids is 1. The molecular formula is C14H8Cl2N2O5. The van der Waals surface area contributed by atoms with Crippen LogP contribution >= 0.6 is 23.2 Å². The summed E-state index contributed by atoms with van der Waals surface area (Å²) in [7, 11) is 0. The summed E-state index contributed by atoms with van der Waals surface area (Å²) in [6.07, 6.45) is 0. The van der Waals surface area contributed by atoms with Gasteiger partial charge in [-0.25, -0.2) is 4.79 Å². The number of carbonyl (C=O) groups is 2. The fourth-order valence-corrected chi connectivity index (χ4v) is 2.17. The van der Waals surface area contributed by atoms with Crippen molar-refractivity contribution in [2.24, 2.45) is 0 Å². The van der Waals surface area contributed by atoms with Crippen molar-refractivity contribution in [3.05, 3.63) is 67.7 Å². The maximum absolute atomic E-state index is 12.2. The monoisotopic (exact) mass is 354 g/mol. The number of hydrogen-bond acceptors (Lipinski definition) is 4. The van der Waals surface area contributed by atoms with Gasteiger partial charge in [0, 0.05) is 17.8 Å². The summed E-state index contributed by atoms with van der Waals surface area (Å²) in [6.45, 7) is 0. The minimum Gasteiger partial charge on any atom is -0.478 e. The van der Waals surface area contributed by atoms with E-state index < -0.39 is 16.8 Å². The molecular weight excluding hydrogens is 347 g/mol. The summed E-state index contributed by atoms with van der Waals surface area (Å²) in [5, 5.41) is 22.2. The summed E-state index contributed by atoms with van der Waals surface area (Å²) in [4.78, 5) is 33.3. The Bertz CT molecular complexity index is 823. The normalized spacial score (nSPS) is 10.2. The summed E-state index contributed by atoms with van der Waals surface area (Å²) < 4.78 is 0. The van der Waals surface area contributed by atoms with Crippen LogP contribution in [-0.4, -0.2) is 21.9 Å². The van der Waals surface area contributed by atoms with Gasteiger partial charge >= 0.3 is 5.97 Å². The molecule has 9 heteroatoms. The zero-order valence-corrected chi connectivity index (χ0v) is 12.8. The summed E-state index contributed by atoms with van der Waals surface area (Å²) in [5.41, 5.74) is -0.413. The third kappa shape index (κ3) is 3.77. The van der Waals surface area contributed by atoms with Crippen LogP contribution in [0.1, 0.15) is 20.7 Å². The van der Waals surface area contributed by atoms with Crippen molar-refractivity contribution in [1.29, 1.82) is 0 Å². The Morgan fingerprint density at radius 2 is 1.65 bits per heavy atom. The Labute approximate surface area is 139 Å². The van der Waals surface area contributed by atoms with E-state index in [1.165, 1.54) is 30.3 Å². The predicted octanol–water partition coefficient (Wildman–Crippen LogP) is 3.85. The summed E-state index contributed by atoms with van der Waals surface area (Å²) in [6, 6.07) is 7.33. The van der Waals surface area contributed by atoms with E-state index in [1.54, 1.807) is 0 Å². The van der Waals surface area contributed by atoms with Crippen molar-refractivity contribution in [1.82, 2.24) is 0 Å². The molecule has 0 saturated carbocycles. The van der Waals surface area contributed by atoms with E-state index in [4.69, 9.17) is 28.3 Å². The van der Waals surface area contributed by atoms with E-state index in [-0.39, 0.29) is 32.5 Å². The molecule has 0 aromatic heterocycles. The van der Waals surface area contributed by atoms with Gasteiger partial charge in [-0.3, -0.25) is 14.9 Å². The van der Waals surface area contributed by atoms with Gasteiger partial charge in [-0.2, -0.15) is 0 Å². The lowest BCUT2D eigenvalue weighted by Crippen LogP contribution is -2.13. The maximum atomic E-state index is 12.2. The number of rotatable bonds is 4.